The summed E-state index contributed by atoms with van der Waals surface area (Å²) < 4.78 is 21.6. The number of benzene rings is 1. The van der Waals surface area contributed by atoms with E-state index < -0.39 is 5.79 Å². The Morgan fingerprint density at radius 3 is 1.67 bits per heavy atom. The molecule has 1 aliphatic heterocycles. The molecule has 0 N–H and O–H groups in total. The average molecular weight is 210 g/mol. The van der Waals surface area contributed by atoms with E-state index >= 15 is 0 Å². The Morgan fingerprint density at radius 1 is 0.933 bits per heavy atom. The molecule has 0 saturated heterocycles. The van der Waals surface area contributed by atoms with Gasteiger partial charge in [0.25, 0.3) is 0 Å². The molecule has 0 fully saturated rings. The van der Waals surface area contributed by atoms with Crippen molar-refractivity contribution in [1.29, 1.82) is 0 Å². The minimum absolute atomic E-state index is 0.599. The minimum atomic E-state index is -0.676. The van der Waals surface area contributed by atoms with Crippen LogP contribution in [-0.4, -0.2) is 20.0 Å². The Labute approximate surface area is 88.7 Å². The van der Waals surface area contributed by atoms with E-state index in [1.807, 2.05) is 13.8 Å². The average Bonchev–Trinajstić information content (AvgIpc) is 2.51. The Bertz CT molecular complexity index is 349. The number of hydrogen-bond acceptors (Lipinski definition) is 4. The van der Waals surface area contributed by atoms with E-state index in [0.717, 1.165) is 0 Å². The predicted octanol–water partition coefficient (Wildman–Crippen LogP) is 2.21. The van der Waals surface area contributed by atoms with Crippen molar-refractivity contribution in [2.75, 3.05) is 14.2 Å². The van der Waals surface area contributed by atoms with Crippen LogP contribution < -0.4 is 18.9 Å². The zero-order valence-corrected chi connectivity index (χ0v) is 9.29. The summed E-state index contributed by atoms with van der Waals surface area (Å²) in [6, 6.07) is 3.59. The Balaban J connectivity index is 2.52. The Kier molecular flexibility index (Phi) is 2.14. The highest BCUT2D eigenvalue weighted by molar-refractivity contribution is 5.60. The van der Waals surface area contributed by atoms with Gasteiger partial charge in [-0.2, -0.15) is 0 Å². The summed E-state index contributed by atoms with van der Waals surface area (Å²) in [4.78, 5) is 0. The molecule has 0 amide bonds. The lowest BCUT2D eigenvalue weighted by Crippen LogP contribution is -2.29. The van der Waals surface area contributed by atoms with E-state index in [-0.39, 0.29) is 0 Å². The van der Waals surface area contributed by atoms with Gasteiger partial charge in [0, 0.05) is 13.8 Å². The largest absolute Gasteiger partial charge is 0.493 e. The third kappa shape index (κ3) is 1.56. The molecule has 0 aliphatic carbocycles. The molecular formula is C11H14O4. The first-order chi connectivity index (χ1) is 7.07. The lowest BCUT2D eigenvalue weighted by atomic mass is 10.3. The zero-order valence-electron chi connectivity index (χ0n) is 9.29. The number of fused-ring (bicyclic) bond motifs is 1. The van der Waals surface area contributed by atoms with Crippen LogP contribution >= 0.6 is 0 Å². The second-order valence-corrected chi connectivity index (χ2v) is 3.73. The summed E-state index contributed by atoms with van der Waals surface area (Å²) in [7, 11) is 3.19. The van der Waals surface area contributed by atoms with Gasteiger partial charge < -0.3 is 18.9 Å². The van der Waals surface area contributed by atoms with E-state index in [4.69, 9.17) is 18.9 Å². The Morgan fingerprint density at radius 2 is 1.33 bits per heavy atom. The van der Waals surface area contributed by atoms with Crippen LogP contribution in [0.3, 0.4) is 0 Å². The first-order valence-corrected chi connectivity index (χ1v) is 4.70. The van der Waals surface area contributed by atoms with Crippen LogP contribution in [0.5, 0.6) is 23.0 Å². The second-order valence-electron chi connectivity index (χ2n) is 3.73. The molecule has 82 valence electrons. The standard InChI is InChI=1S/C11H14O4/c1-11(2)14-9-7(12-3)5-6-8(13-4)10(9)15-11/h5-6H,1-4H3. The zero-order chi connectivity index (χ0) is 11.1. The van der Waals surface area contributed by atoms with E-state index in [1.165, 1.54) is 0 Å². The van der Waals surface area contributed by atoms with Crippen molar-refractivity contribution in [2.24, 2.45) is 0 Å². The lowest BCUT2D eigenvalue weighted by Gasteiger charge is -2.16. The molecule has 0 aromatic heterocycles. The Hall–Kier alpha value is -1.58. The maximum absolute atomic E-state index is 5.63. The van der Waals surface area contributed by atoms with Crippen LogP contribution in [-0.2, 0) is 0 Å². The van der Waals surface area contributed by atoms with Crippen LogP contribution in [0, 0.1) is 0 Å². The van der Waals surface area contributed by atoms with Crippen molar-refractivity contribution >= 4 is 0 Å². The fourth-order valence-corrected chi connectivity index (χ4v) is 1.55. The van der Waals surface area contributed by atoms with Gasteiger partial charge >= 0.3 is 0 Å². The van der Waals surface area contributed by atoms with Crippen LogP contribution in [0.15, 0.2) is 12.1 Å². The van der Waals surface area contributed by atoms with Crippen LogP contribution in [0.25, 0.3) is 0 Å². The molecule has 4 heteroatoms. The monoisotopic (exact) mass is 210 g/mol. The quantitative estimate of drug-likeness (QED) is 0.750. The van der Waals surface area contributed by atoms with Crippen molar-refractivity contribution in [3.05, 3.63) is 12.1 Å². The summed E-state index contributed by atoms with van der Waals surface area (Å²) in [6.07, 6.45) is 0. The topological polar surface area (TPSA) is 36.9 Å². The first kappa shape index (κ1) is 9.96. The van der Waals surface area contributed by atoms with Crippen LogP contribution in [0.4, 0.5) is 0 Å². The van der Waals surface area contributed by atoms with E-state index in [1.54, 1.807) is 26.4 Å². The van der Waals surface area contributed by atoms with Crippen molar-refractivity contribution in [3.63, 3.8) is 0 Å². The molecule has 0 unspecified atom stereocenters. The van der Waals surface area contributed by atoms with Gasteiger partial charge in [-0.25, -0.2) is 0 Å². The molecule has 0 atom stereocenters. The number of ether oxygens (including phenoxy) is 4. The van der Waals surface area contributed by atoms with Gasteiger partial charge in [0.1, 0.15) is 0 Å². The number of methoxy groups -OCH3 is 2. The van der Waals surface area contributed by atoms with E-state index in [9.17, 15) is 0 Å². The number of rotatable bonds is 2. The van der Waals surface area contributed by atoms with E-state index in [2.05, 4.69) is 0 Å². The molecule has 0 spiro atoms. The van der Waals surface area contributed by atoms with Crippen LogP contribution in [0.2, 0.25) is 0 Å². The SMILES string of the molecule is COc1ccc(OC)c2c1OC(C)(C)O2. The molecule has 0 saturated carbocycles. The summed E-state index contributed by atoms with van der Waals surface area (Å²) >= 11 is 0. The van der Waals surface area contributed by atoms with Gasteiger partial charge in [-0.3, -0.25) is 0 Å². The normalized spacial score (nSPS) is 16.3. The van der Waals surface area contributed by atoms with Crippen molar-refractivity contribution in [1.82, 2.24) is 0 Å². The summed E-state index contributed by atoms with van der Waals surface area (Å²) in [5, 5.41) is 0. The van der Waals surface area contributed by atoms with Gasteiger partial charge in [-0.05, 0) is 12.1 Å². The number of hydrogen-bond donors (Lipinski definition) is 0. The van der Waals surface area contributed by atoms with E-state index in [0.29, 0.717) is 23.0 Å². The highest BCUT2D eigenvalue weighted by atomic mass is 16.7. The minimum Gasteiger partial charge on any atom is -0.493 e. The third-order valence-corrected chi connectivity index (χ3v) is 2.18. The maximum Gasteiger partial charge on any atom is 0.246 e. The molecule has 15 heavy (non-hydrogen) atoms. The molecule has 0 bridgehead atoms. The molecule has 2 rings (SSSR count). The first-order valence-electron chi connectivity index (χ1n) is 4.70. The van der Waals surface area contributed by atoms with Crippen molar-refractivity contribution in [2.45, 2.75) is 19.6 Å². The molecular weight excluding hydrogens is 196 g/mol. The van der Waals surface area contributed by atoms with Crippen molar-refractivity contribution < 1.29 is 18.9 Å². The maximum atomic E-state index is 5.63. The second kappa shape index (κ2) is 3.22. The molecule has 1 aliphatic rings. The smallest absolute Gasteiger partial charge is 0.246 e. The van der Waals surface area contributed by atoms with Gasteiger partial charge in [0.2, 0.25) is 17.3 Å². The molecule has 0 radical (unpaired) electrons. The van der Waals surface area contributed by atoms with Gasteiger partial charge in [0.15, 0.2) is 11.5 Å². The summed E-state index contributed by atoms with van der Waals surface area (Å²) in [5.74, 6) is 1.82. The fourth-order valence-electron chi connectivity index (χ4n) is 1.55. The van der Waals surface area contributed by atoms with Gasteiger partial charge in [-0.15, -0.1) is 0 Å². The van der Waals surface area contributed by atoms with Gasteiger partial charge in [0.05, 0.1) is 14.2 Å². The fraction of sp³-hybridized carbons (Fsp3) is 0.455. The van der Waals surface area contributed by atoms with Gasteiger partial charge in [-0.1, -0.05) is 0 Å². The molecule has 1 heterocycles. The molecule has 4 nitrogen and oxygen atoms in total. The summed E-state index contributed by atoms with van der Waals surface area (Å²) in [6.45, 7) is 3.68. The predicted molar refractivity (Wildman–Crippen MR) is 54.9 cm³/mol. The molecule has 1 aromatic carbocycles. The molecule has 1 aromatic rings. The third-order valence-electron chi connectivity index (χ3n) is 2.18. The highest BCUT2D eigenvalue weighted by Gasteiger charge is 2.36. The van der Waals surface area contributed by atoms with Crippen molar-refractivity contribution in [3.8, 4) is 23.0 Å². The lowest BCUT2D eigenvalue weighted by molar-refractivity contribution is -0.0447. The van der Waals surface area contributed by atoms with Crippen LogP contribution in [0.1, 0.15) is 13.8 Å². The summed E-state index contributed by atoms with van der Waals surface area (Å²) in [5.41, 5.74) is 0. The highest BCUT2D eigenvalue weighted by Crippen LogP contribution is 2.51.